The van der Waals surface area contributed by atoms with Gasteiger partial charge < -0.3 is 30.1 Å². The number of hydrogen-bond donors (Lipinski definition) is 5. The Hall–Kier alpha value is -2.48. The number of fused-ring (bicyclic) bond motifs is 1. The van der Waals surface area contributed by atoms with Crippen LogP contribution in [0.2, 0.25) is 0 Å². The molecule has 5 N–H and O–H groups in total. The maximum Gasteiger partial charge on any atom is 0.253 e. The fraction of sp³-hybridized carbons (Fsp3) is 0.500. The Balaban J connectivity index is 1.94. The van der Waals surface area contributed by atoms with Gasteiger partial charge in [-0.05, 0) is 18.6 Å². The summed E-state index contributed by atoms with van der Waals surface area (Å²) in [5.74, 6) is 5.45. The highest BCUT2D eigenvalue weighted by molar-refractivity contribution is 5.99. The maximum atomic E-state index is 12.7. The predicted molar refractivity (Wildman–Crippen MR) is 104 cm³/mol. The Morgan fingerprint density at radius 2 is 2.03 bits per heavy atom. The summed E-state index contributed by atoms with van der Waals surface area (Å²) < 4.78 is 5.41. The number of nitrogens with one attached hydrogen (secondary N) is 1. The standard InChI is InChI=1S/C20H25N3O6/c1-3-6-23(2)20(28)12-7-11(16-13(8-12)9-21-22-16)4-5-14-17(25)19(27)18(26)15(10-24)29-14/h7-9,14-15,17-19,24-27H,3,6,10H2,1-2H3,(H,21,22)/t14-,15-,17-,18-,19-/m1/s1. The fourth-order valence-corrected chi connectivity index (χ4v) is 3.31. The first-order chi connectivity index (χ1) is 13.9. The molecule has 29 heavy (non-hydrogen) atoms. The number of H-pyrrole nitrogens is 1. The van der Waals surface area contributed by atoms with Crippen molar-refractivity contribution in [3.8, 4) is 11.8 Å². The molecule has 1 aromatic carbocycles. The van der Waals surface area contributed by atoms with E-state index >= 15 is 0 Å². The van der Waals surface area contributed by atoms with Crippen LogP contribution in [0.5, 0.6) is 0 Å². The minimum atomic E-state index is -1.50. The average molecular weight is 403 g/mol. The Labute approximate surface area is 167 Å². The van der Waals surface area contributed by atoms with Crippen LogP contribution < -0.4 is 0 Å². The van der Waals surface area contributed by atoms with Crippen molar-refractivity contribution in [2.45, 2.75) is 43.9 Å². The van der Waals surface area contributed by atoms with Crippen molar-refractivity contribution in [3.63, 3.8) is 0 Å². The summed E-state index contributed by atoms with van der Waals surface area (Å²) in [5, 5.41) is 46.8. The van der Waals surface area contributed by atoms with Crippen LogP contribution in [-0.2, 0) is 4.74 Å². The molecule has 1 aliphatic rings. The van der Waals surface area contributed by atoms with Gasteiger partial charge in [-0.15, -0.1) is 0 Å². The normalized spacial score (nSPS) is 26.8. The van der Waals surface area contributed by atoms with Crippen LogP contribution in [-0.4, -0.2) is 92.1 Å². The van der Waals surface area contributed by atoms with E-state index < -0.39 is 37.1 Å². The second-order valence-corrected chi connectivity index (χ2v) is 7.10. The van der Waals surface area contributed by atoms with E-state index in [1.807, 2.05) is 6.92 Å². The summed E-state index contributed by atoms with van der Waals surface area (Å²) in [6, 6.07) is 3.36. The number of ether oxygens (including phenoxy) is 1. The van der Waals surface area contributed by atoms with Gasteiger partial charge in [0.2, 0.25) is 0 Å². The molecule has 5 atom stereocenters. The molecule has 9 nitrogen and oxygen atoms in total. The van der Waals surface area contributed by atoms with Gasteiger partial charge in [0.1, 0.15) is 30.5 Å². The molecular formula is C20H25N3O6. The lowest BCUT2D eigenvalue weighted by Crippen LogP contribution is -2.58. The zero-order valence-corrected chi connectivity index (χ0v) is 16.2. The smallest absolute Gasteiger partial charge is 0.253 e. The number of aromatic amines is 1. The summed E-state index contributed by atoms with van der Waals surface area (Å²) in [5.41, 5.74) is 1.55. The van der Waals surface area contributed by atoms with Crippen molar-refractivity contribution in [2.75, 3.05) is 20.2 Å². The van der Waals surface area contributed by atoms with Gasteiger partial charge in [0.15, 0.2) is 0 Å². The predicted octanol–water partition coefficient (Wildman–Crippen LogP) is -0.761. The van der Waals surface area contributed by atoms with Crippen LogP contribution >= 0.6 is 0 Å². The van der Waals surface area contributed by atoms with Crippen molar-refractivity contribution >= 4 is 16.8 Å². The summed E-state index contributed by atoms with van der Waals surface area (Å²) in [6.07, 6.45) is -4.12. The number of aromatic nitrogens is 2. The van der Waals surface area contributed by atoms with E-state index in [0.717, 1.165) is 6.42 Å². The van der Waals surface area contributed by atoms with E-state index in [4.69, 9.17) is 4.74 Å². The zero-order valence-electron chi connectivity index (χ0n) is 16.2. The lowest BCUT2D eigenvalue weighted by Gasteiger charge is -2.37. The SMILES string of the molecule is CCCN(C)C(=O)c1cc(C#C[C@H]2O[C@H](CO)[C@@H](O)[C@H](O)[C@@H]2O)c2[nH]ncc2c1. The van der Waals surface area contributed by atoms with E-state index in [1.54, 1.807) is 30.3 Å². The molecule has 1 aliphatic heterocycles. The summed E-state index contributed by atoms with van der Waals surface area (Å²) in [6.45, 7) is 2.08. The van der Waals surface area contributed by atoms with Gasteiger partial charge >= 0.3 is 0 Å². The summed E-state index contributed by atoms with van der Waals surface area (Å²) >= 11 is 0. The molecule has 0 bridgehead atoms. The largest absolute Gasteiger partial charge is 0.394 e. The van der Waals surface area contributed by atoms with Gasteiger partial charge in [0.05, 0.1) is 23.9 Å². The zero-order chi connectivity index (χ0) is 21.1. The number of benzene rings is 1. The van der Waals surface area contributed by atoms with Crippen LogP contribution in [0.3, 0.4) is 0 Å². The number of aliphatic hydroxyl groups excluding tert-OH is 4. The van der Waals surface area contributed by atoms with Crippen LogP contribution in [0.15, 0.2) is 18.3 Å². The van der Waals surface area contributed by atoms with Gasteiger partial charge in [-0.25, -0.2) is 0 Å². The van der Waals surface area contributed by atoms with Gasteiger partial charge in [-0.2, -0.15) is 5.10 Å². The van der Waals surface area contributed by atoms with E-state index in [2.05, 4.69) is 22.0 Å². The monoisotopic (exact) mass is 403 g/mol. The van der Waals surface area contributed by atoms with E-state index in [9.17, 15) is 25.2 Å². The topological polar surface area (TPSA) is 139 Å². The molecule has 1 saturated heterocycles. The molecule has 0 aliphatic carbocycles. The third-order valence-corrected chi connectivity index (χ3v) is 4.94. The summed E-state index contributed by atoms with van der Waals surface area (Å²) in [4.78, 5) is 14.3. The molecule has 0 saturated carbocycles. The minimum Gasteiger partial charge on any atom is -0.394 e. The van der Waals surface area contributed by atoms with Crippen molar-refractivity contribution < 1.29 is 30.0 Å². The summed E-state index contributed by atoms with van der Waals surface area (Å²) in [7, 11) is 1.73. The van der Waals surface area contributed by atoms with Gasteiger partial charge in [-0.3, -0.25) is 9.89 Å². The van der Waals surface area contributed by atoms with E-state index in [0.29, 0.717) is 28.6 Å². The van der Waals surface area contributed by atoms with Crippen molar-refractivity contribution in [1.82, 2.24) is 15.1 Å². The Bertz CT molecular complexity index is 931. The molecule has 0 radical (unpaired) electrons. The number of hydrogen-bond acceptors (Lipinski definition) is 7. The molecule has 1 amide bonds. The highest BCUT2D eigenvalue weighted by Crippen LogP contribution is 2.22. The number of aliphatic hydroxyl groups is 4. The quantitative estimate of drug-likeness (QED) is 0.423. The first kappa shape index (κ1) is 21.2. The van der Waals surface area contributed by atoms with Gasteiger partial charge in [-0.1, -0.05) is 18.8 Å². The third kappa shape index (κ3) is 4.27. The van der Waals surface area contributed by atoms with Gasteiger partial charge in [0, 0.05) is 24.5 Å². The third-order valence-electron chi connectivity index (χ3n) is 4.94. The first-order valence-electron chi connectivity index (χ1n) is 9.42. The lowest BCUT2D eigenvalue weighted by molar-refractivity contribution is -0.214. The molecular weight excluding hydrogens is 378 g/mol. The molecule has 1 aromatic heterocycles. The van der Waals surface area contributed by atoms with Crippen LogP contribution in [0.25, 0.3) is 10.9 Å². The minimum absolute atomic E-state index is 0.147. The number of carbonyl (C=O) groups is 1. The molecule has 156 valence electrons. The second-order valence-electron chi connectivity index (χ2n) is 7.10. The number of nitrogens with zero attached hydrogens (tertiary/aromatic N) is 2. The van der Waals surface area contributed by atoms with E-state index in [1.165, 1.54) is 0 Å². The van der Waals surface area contributed by atoms with Crippen molar-refractivity contribution in [3.05, 3.63) is 29.5 Å². The highest BCUT2D eigenvalue weighted by Gasteiger charge is 2.42. The molecule has 0 spiro atoms. The number of rotatable bonds is 4. The van der Waals surface area contributed by atoms with Crippen LogP contribution in [0.1, 0.15) is 29.3 Å². The number of amides is 1. The van der Waals surface area contributed by atoms with E-state index in [-0.39, 0.29) is 5.91 Å². The number of carbonyl (C=O) groups excluding carboxylic acids is 1. The molecule has 1 fully saturated rings. The first-order valence-corrected chi connectivity index (χ1v) is 9.42. The Morgan fingerprint density at radius 1 is 1.28 bits per heavy atom. The molecule has 2 heterocycles. The second kappa shape index (κ2) is 8.90. The molecule has 2 aromatic rings. The molecule has 0 unspecified atom stereocenters. The van der Waals surface area contributed by atoms with Gasteiger partial charge in [0.25, 0.3) is 5.91 Å². The van der Waals surface area contributed by atoms with Crippen LogP contribution in [0.4, 0.5) is 0 Å². The van der Waals surface area contributed by atoms with Crippen LogP contribution in [0, 0.1) is 11.8 Å². The maximum absolute atomic E-state index is 12.7. The van der Waals surface area contributed by atoms with Crippen molar-refractivity contribution in [1.29, 1.82) is 0 Å². The average Bonchev–Trinajstić information content (AvgIpc) is 3.19. The highest BCUT2D eigenvalue weighted by atomic mass is 16.5. The Kier molecular flexibility index (Phi) is 6.52. The fourth-order valence-electron chi connectivity index (χ4n) is 3.31. The van der Waals surface area contributed by atoms with Crippen molar-refractivity contribution in [2.24, 2.45) is 0 Å². The molecule has 3 rings (SSSR count). The molecule has 9 heteroatoms. The Morgan fingerprint density at radius 3 is 2.72 bits per heavy atom. The lowest BCUT2D eigenvalue weighted by atomic mass is 9.95.